The first-order chi connectivity index (χ1) is 22.5. The molecular formula is C39H36N2O5. The number of carbonyl (C=O) groups is 3. The van der Waals surface area contributed by atoms with Crippen LogP contribution in [0.2, 0.25) is 0 Å². The molecule has 232 valence electrons. The summed E-state index contributed by atoms with van der Waals surface area (Å²) in [6.07, 6.45) is 0.673. The summed E-state index contributed by atoms with van der Waals surface area (Å²) in [5, 5.41) is 5.89. The van der Waals surface area contributed by atoms with Crippen molar-refractivity contribution < 1.29 is 23.9 Å². The molecule has 5 aromatic rings. The van der Waals surface area contributed by atoms with Gasteiger partial charge >= 0.3 is 5.97 Å². The van der Waals surface area contributed by atoms with E-state index in [1.54, 1.807) is 48.5 Å². The van der Waals surface area contributed by atoms with Crippen LogP contribution in [0.3, 0.4) is 0 Å². The van der Waals surface area contributed by atoms with Crippen LogP contribution in [-0.2, 0) is 29.0 Å². The van der Waals surface area contributed by atoms with E-state index in [1.165, 1.54) is 0 Å². The zero-order valence-electron chi connectivity index (χ0n) is 25.4. The topological polar surface area (TPSA) is 93.7 Å². The first-order valence-electron chi connectivity index (χ1n) is 15.2. The van der Waals surface area contributed by atoms with E-state index in [0.717, 1.165) is 16.7 Å². The third kappa shape index (κ3) is 9.40. The lowest BCUT2D eigenvalue weighted by molar-refractivity contribution is -0.146. The van der Waals surface area contributed by atoms with Gasteiger partial charge in [0.1, 0.15) is 25.0 Å². The molecule has 0 heterocycles. The number of ether oxygens (including phenoxy) is 2. The van der Waals surface area contributed by atoms with Gasteiger partial charge in [-0.15, -0.1) is 0 Å². The maximum absolute atomic E-state index is 13.6. The molecule has 0 aliphatic rings. The highest BCUT2D eigenvalue weighted by atomic mass is 16.5. The summed E-state index contributed by atoms with van der Waals surface area (Å²) in [5.41, 5.74) is 3.62. The van der Waals surface area contributed by atoms with Crippen LogP contribution in [0.4, 0.5) is 0 Å². The lowest BCUT2D eigenvalue weighted by Gasteiger charge is -2.22. The van der Waals surface area contributed by atoms with Gasteiger partial charge in [-0.25, -0.2) is 4.79 Å². The Morgan fingerprint density at radius 3 is 1.70 bits per heavy atom. The maximum Gasteiger partial charge on any atom is 0.329 e. The van der Waals surface area contributed by atoms with E-state index < -0.39 is 24.0 Å². The number of benzene rings is 5. The largest absolute Gasteiger partial charge is 0.488 e. The first-order valence-corrected chi connectivity index (χ1v) is 15.2. The van der Waals surface area contributed by atoms with E-state index in [9.17, 15) is 14.4 Å². The van der Waals surface area contributed by atoms with Crippen molar-refractivity contribution in [1.29, 1.82) is 0 Å². The highest BCUT2D eigenvalue weighted by Crippen LogP contribution is 2.20. The van der Waals surface area contributed by atoms with Gasteiger partial charge in [-0.05, 0) is 47.4 Å². The fourth-order valence-electron chi connectivity index (χ4n) is 4.99. The van der Waals surface area contributed by atoms with E-state index in [2.05, 4.69) is 10.6 Å². The molecule has 0 spiro atoms. The van der Waals surface area contributed by atoms with Crippen LogP contribution in [0.1, 0.15) is 37.4 Å². The second-order valence-electron chi connectivity index (χ2n) is 10.8. The summed E-state index contributed by atoms with van der Waals surface area (Å²) in [7, 11) is 0. The van der Waals surface area contributed by atoms with Crippen molar-refractivity contribution in [3.8, 4) is 5.75 Å². The van der Waals surface area contributed by atoms with Gasteiger partial charge in [0, 0.05) is 12.0 Å². The Hall–Kier alpha value is -5.69. The molecule has 2 atom stereocenters. The zero-order valence-corrected chi connectivity index (χ0v) is 25.4. The number of nitrogens with one attached hydrogen (secondary N) is 2. The van der Waals surface area contributed by atoms with E-state index in [4.69, 9.17) is 9.47 Å². The number of esters is 1. The van der Waals surface area contributed by atoms with Gasteiger partial charge in [0.2, 0.25) is 0 Å². The monoisotopic (exact) mass is 612 g/mol. The molecule has 0 fully saturated rings. The van der Waals surface area contributed by atoms with Crippen molar-refractivity contribution in [2.75, 3.05) is 6.61 Å². The fourth-order valence-corrected chi connectivity index (χ4v) is 4.99. The summed E-state index contributed by atoms with van der Waals surface area (Å²) in [6.45, 7) is 0.211. The number of hydrogen-bond donors (Lipinski definition) is 2. The first kappa shape index (κ1) is 31.7. The molecule has 0 aliphatic heterocycles. The van der Waals surface area contributed by atoms with Crippen LogP contribution in [0.25, 0.3) is 0 Å². The number of hydrogen-bond acceptors (Lipinski definition) is 5. The van der Waals surface area contributed by atoms with Crippen LogP contribution < -0.4 is 15.4 Å². The summed E-state index contributed by atoms with van der Waals surface area (Å²) in [4.78, 5) is 40.3. The fraction of sp³-hybridized carbons (Fsp3) is 0.154. The second kappa shape index (κ2) is 16.4. The van der Waals surface area contributed by atoms with Gasteiger partial charge in [-0.1, -0.05) is 121 Å². The van der Waals surface area contributed by atoms with Crippen LogP contribution in [0.5, 0.6) is 5.75 Å². The molecule has 2 amide bonds. The Kier molecular flexibility index (Phi) is 11.3. The van der Waals surface area contributed by atoms with Gasteiger partial charge in [0.05, 0.1) is 11.6 Å². The van der Waals surface area contributed by atoms with E-state index in [-0.39, 0.29) is 25.5 Å². The lowest BCUT2D eigenvalue weighted by atomic mass is 10.0. The number of amides is 2. The van der Waals surface area contributed by atoms with Crippen molar-refractivity contribution in [2.45, 2.75) is 31.5 Å². The molecule has 7 heteroatoms. The van der Waals surface area contributed by atoms with Crippen molar-refractivity contribution in [1.82, 2.24) is 10.6 Å². The molecule has 0 unspecified atom stereocenters. The second-order valence-corrected chi connectivity index (χ2v) is 10.8. The quantitative estimate of drug-likeness (QED) is 0.146. The summed E-state index contributed by atoms with van der Waals surface area (Å²) in [6, 6.07) is 43.1. The van der Waals surface area contributed by atoms with Gasteiger partial charge in [0.25, 0.3) is 11.8 Å². The van der Waals surface area contributed by atoms with Crippen molar-refractivity contribution in [2.24, 2.45) is 0 Å². The molecule has 0 saturated carbocycles. The minimum Gasteiger partial charge on any atom is -0.488 e. The SMILES string of the molecule is O=C(N[C@H](COC(=O)[C@@H](Cc1ccccc1)NC(=O)c1ccccc1OCc1ccccc1)Cc1ccccc1)c1ccccc1. The summed E-state index contributed by atoms with van der Waals surface area (Å²) >= 11 is 0. The molecule has 5 aromatic carbocycles. The van der Waals surface area contributed by atoms with Crippen molar-refractivity contribution >= 4 is 17.8 Å². The molecule has 0 radical (unpaired) electrons. The molecule has 5 rings (SSSR count). The van der Waals surface area contributed by atoms with Crippen molar-refractivity contribution in [3.05, 3.63) is 173 Å². The third-order valence-corrected chi connectivity index (χ3v) is 7.36. The molecular weight excluding hydrogens is 576 g/mol. The zero-order chi connectivity index (χ0) is 32.0. The molecule has 0 aromatic heterocycles. The predicted octanol–water partition coefficient (Wildman–Crippen LogP) is 6.19. The van der Waals surface area contributed by atoms with E-state index in [0.29, 0.717) is 23.3 Å². The third-order valence-electron chi connectivity index (χ3n) is 7.36. The average Bonchev–Trinajstić information content (AvgIpc) is 3.11. The summed E-state index contributed by atoms with van der Waals surface area (Å²) in [5.74, 6) is -0.923. The molecule has 7 nitrogen and oxygen atoms in total. The molecule has 0 aliphatic carbocycles. The Morgan fingerprint density at radius 1 is 0.543 bits per heavy atom. The van der Waals surface area contributed by atoms with Gasteiger partial charge in [0.15, 0.2) is 0 Å². The summed E-state index contributed by atoms with van der Waals surface area (Å²) < 4.78 is 11.8. The minimum absolute atomic E-state index is 0.0791. The average molecular weight is 613 g/mol. The molecule has 0 saturated heterocycles. The lowest BCUT2D eigenvalue weighted by Crippen LogP contribution is -2.46. The van der Waals surface area contributed by atoms with Crippen LogP contribution in [-0.4, -0.2) is 36.5 Å². The predicted molar refractivity (Wildman–Crippen MR) is 177 cm³/mol. The Labute approximate surface area is 269 Å². The van der Waals surface area contributed by atoms with Crippen LogP contribution >= 0.6 is 0 Å². The highest BCUT2D eigenvalue weighted by molar-refractivity contribution is 5.99. The van der Waals surface area contributed by atoms with E-state index in [1.807, 2.05) is 97.1 Å². The normalized spacial score (nSPS) is 11.9. The number of carbonyl (C=O) groups excluding carboxylic acids is 3. The molecule has 46 heavy (non-hydrogen) atoms. The smallest absolute Gasteiger partial charge is 0.329 e. The highest BCUT2D eigenvalue weighted by Gasteiger charge is 2.26. The number of rotatable bonds is 14. The standard InChI is InChI=1S/C39H36N2O5/c42-37(32-21-11-4-12-22-32)40-33(25-29-15-5-1-6-16-29)28-46-39(44)35(26-30-17-7-2-8-18-30)41-38(43)34-23-13-14-24-36(34)45-27-31-19-9-3-10-20-31/h1-24,33,35H,25-28H2,(H,40,42)(H,41,43)/t33-,35+/m0/s1. The molecule has 2 N–H and O–H groups in total. The van der Waals surface area contributed by atoms with Crippen LogP contribution in [0, 0.1) is 0 Å². The molecule has 0 bridgehead atoms. The minimum atomic E-state index is -0.987. The van der Waals surface area contributed by atoms with Gasteiger partial charge in [-0.3, -0.25) is 9.59 Å². The van der Waals surface area contributed by atoms with Gasteiger partial charge in [-0.2, -0.15) is 0 Å². The van der Waals surface area contributed by atoms with Crippen LogP contribution in [0.15, 0.2) is 146 Å². The van der Waals surface area contributed by atoms with Gasteiger partial charge < -0.3 is 20.1 Å². The van der Waals surface area contributed by atoms with E-state index >= 15 is 0 Å². The Balaban J connectivity index is 1.30. The maximum atomic E-state index is 13.6. The Bertz CT molecular complexity index is 1700. The number of para-hydroxylation sites is 1. The van der Waals surface area contributed by atoms with Crippen molar-refractivity contribution in [3.63, 3.8) is 0 Å². The Morgan fingerprint density at radius 2 is 1.07 bits per heavy atom.